The lowest BCUT2D eigenvalue weighted by molar-refractivity contribution is -0.873. The van der Waals surface area contributed by atoms with E-state index < -0.39 is 24.0 Å². The van der Waals surface area contributed by atoms with Crippen molar-refractivity contribution in [3.05, 3.63) is 12.2 Å². The molecule has 0 aromatic carbocycles. The fraction of sp³-hybridized carbons (Fsp3) is 0.706. The Bertz CT molecular complexity index is 439. The highest BCUT2D eigenvalue weighted by Gasteiger charge is 2.21. The molecule has 0 fully saturated rings. The van der Waals surface area contributed by atoms with E-state index in [0.29, 0.717) is 23.9 Å². The van der Waals surface area contributed by atoms with E-state index in [1.807, 2.05) is 21.1 Å². The first-order chi connectivity index (χ1) is 11.1. The van der Waals surface area contributed by atoms with Crippen molar-refractivity contribution in [1.29, 1.82) is 0 Å². The molecule has 0 aromatic heterocycles. The molecule has 0 amide bonds. The first-order valence-electron chi connectivity index (χ1n) is 8.19. The highest BCUT2D eigenvalue weighted by Crippen LogP contribution is 2.07. The summed E-state index contributed by atoms with van der Waals surface area (Å²) < 4.78 is 5.66. The quantitative estimate of drug-likeness (QED) is 0.229. The Labute approximate surface area is 143 Å². The molecule has 0 aliphatic heterocycles. The minimum atomic E-state index is -1.24. The Morgan fingerprint density at radius 2 is 1.75 bits per heavy atom. The molecule has 138 valence electrons. The molecule has 7 heteroatoms. The Kier molecular flexibility index (Phi) is 10.7. The molecular formula is C17H29NO6. The topological polar surface area (TPSA) is 104 Å². The van der Waals surface area contributed by atoms with Gasteiger partial charge in [0.1, 0.15) is 6.54 Å². The molecule has 1 atom stereocenters. The van der Waals surface area contributed by atoms with Crippen LogP contribution in [0.2, 0.25) is 0 Å². The summed E-state index contributed by atoms with van der Waals surface area (Å²) in [6, 6.07) is 0. The van der Waals surface area contributed by atoms with Gasteiger partial charge in [0, 0.05) is 24.9 Å². The van der Waals surface area contributed by atoms with Gasteiger partial charge in [-0.2, -0.15) is 0 Å². The molecule has 0 radical (unpaired) electrons. The maximum absolute atomic E-state index is 11.7. The third-order valence-corrected chi connectivity index (χ3v) is 3.19. The second-order valence-electron chi connectivity index (χ2n) is 6.86. The fourth-order valence-corrected chi connectivity index (χ4v) is 2.22. The van der Waals surface area contributed by atoms with E-state index in [1.54, 1.807) is 6.08 Å². The summed E-state index contributed by atoms with van der Waals surface area (Å²) in [6.07, 6.45) is 6.14. The molecule has 0 rings (SSSR count). The van der Waals surface area contributed by atoms with Crippen LogP contribution in [-0.4, -0.2) is 61.3 Å². The van der Waals surface area contributed by atoms with Crippen LogP contribution in [0.25, 0.3) is 0 Å². The van der Waals surface area contributed by atoms with Gasteiger partial charge in [0.05, 0.1) is 21.1 Å². The number of carboxylic acid groups (broad SMARTS) is 2. The lowest BCUT2D eigenvalue weighted by Crippen LogP contribution is -2.45. The Morgan fingerprint density at radius 3 is 2.29 bits per heavy atom. The van der Waals surface area contributed by atoms with Crippen LogP contribution in [0.4, 0.5) is 0 Å². The van der Waals surface area contributed by atoms with Gasteiger partial charge in [0.2, 0.25) is 0 Å². The maximum atomic E-state index is 11.7. The number of carboxylic acids is 2. The van der Waals surface area contributed by atoms with Gasteiger partial charge in [-0.1, -0.05) is 18.9 Å². The Morgan fingerprint density at radius 1 is 1.12 bits per heavy atom. The second-order valence-corrected chi connectivity index (χ2v) is 6.86. The minimum absolute atomic E-state index is 0.189. The molecule has 0 bridgehead atoms. The van der Waals surface area contributed by atoms with Gasteiger partial charge < -0.3 is 24.2 Å². The predicted molar refractivity (Wildman–Crippen MR) is 86.9 cm³/mol. The van der Waals surface area contributed by atoms with Crippen LogP contribution < -0.4 is 5.11 Å². The van der Waals surface area contributed by atoms with Crippen LogP contribution >= 0.6 is 0 Å². The van der Waals surface area contributed by atoms with Crippen molar-refractivity contribution in [3.8, 4) is 0 Å². The van der Waals surface area contributed by atoms with E-state index in [9.17, 15) is 19.5 Å². The molecule has 0 saturated heterocycles. The van der Waals surface area contributed by atoms with Gasteiger partial charge in [0.25, 0.3) is 0 Å². The summed E-state index contributed by atoms with van der Waals surface area (Å²) in [7, 11) is 5.66. The van der Waals surface area contributed by atoms with Crippen molar-refractivity contribution in [3.63, 3.8) is 0 Å². The summed E-state index contributed by atoms with van der Waals surface area (Å²) >= 11 is 0. The number of aliphatic carboxylic acids is 2. The summed E-state index contributed by atoms with van der Waals surface area (Å²) in [5, 5.41) is 19.2. The van der Waals surface area contributed by atoms with Crippen LogP contribution in [0.5, 0.6) is 0 Å². The van der Waals surface area contributed by atoms with Crippen LogP contribution in [0, 0.1) is 0 Å². The summed E-state index contributed by atoms with van der Waals surface area (Å²) in [5.74, 6) is -2.58. The number of hydrogen-bond acceptors (Lipinski definition) is 5. The third kappa shape index (κ3) is 15.0. The standard InChI is InChI=1S/C17H29NO6/c1-18(2,3)13-14(12-16(21)22)24-17(23)11-9-7-5-4-6-8-10-15(19)20/h9,11,14H,4-8,10,12-13H2,1-3H3,(H-,19,20,21,22)/b11-9+. The molecule has 0 aliphatic rings. The van der Waals surface area contributed by atoms with Crippen molar-refractivity contribution in [1.82, 2.24) is 0 Å². The lowest BCUT2D eigenvalue weighted by atomic mass is 10.1. The van der Waals surface area contributed by atoms with Gasteiger partial charge in [0.15, 0.2) is 6.10 Å². The number of allylic oxidation sites excluding steroid dienone is 1. The Balaban J connectivity index is 4.05. The number of likely N-dealkylation sites (N-methyl/N-ethyl adjacent to an activating group) is 1. The van der Waals surface area contributed by atoms with Gasteiger partial charge >= 0.3 is 11.9 Å². The first-order valence-corrected chi connectivity index (χ1v) is 8.19. The van der Waals surface area contributed by atoms with E-state index >= 15 is 0 Å². The molecule has 1 unspecified atom stereocenters. The van der Waals surface area contributed by atoms with Gasteiger partial charge in [-0.3, -0.25) is 4.79 Å². The number of carbonyl (C=O) groups excluding carboxylic acids is 2. The molecule has 0 aromatic rings. The zero-order chi connectivity index (χ0) is 18.6. The number of nitrogens with zero attached hydrogens (tertiary/aromatic N) is 1. The fourth-order valence-electron chi connectivity index (χ4n) is 2.22. The highest BCUT2D eigenvalue weighted by atomic mass is 16.5. The largest absolute Gasteiger partial charge is 0.550 e. The summed E-state index contributed by atoms with van der Waals surface area (Å²) in [6.45, 7) is 0.386. The monoisotopic (exact) mass is 343 g/mol. The van der Waals surface area contributed by atoms with E-state index in [-0.39, 0.29) is 12.8 Å². The maximum Gasteiger partial charge on any atom is 0.330 e. The number of ether oxygens (including phenoxy) is 1. The molecular weight excluding hydrogens is 314 g/mol. The molecule has 0 spiro atoms. The number of rotatable bonds is 13. The number of unbranched alkanes of at least 4 members (excludes halogenated alkanes) is 4. The molecule has 7 nitrogen and oxygen atoms in total. The van der Waals surface area contributed by atoms with Gasteiger partial charge in [-0.25, -0.2) is 4.79 Å². The van der Waals surface area contributed by atoms with E-state index in [4.69, 9.17) is 9.84 Å². The average Bonchev–Trinajstić information content (AvgIpc) is 2.38. The second kappa shape index (κ2) is 11.6. The van der Waals surface area contributed by atoms with Crippen LogP contribution in [-0.2, 0) is 19.1 Å². The average molecular weight is 343 g/mol. The molecule has 0 aliphatic carbocycles. The lowest BCUT2D eigenvalue weighted by Gasteiger charge is -2.29. The van der Waals surface area contributed by atoms with Crippen molar-refractivity contribution in [2.24, 2.45) is 0 Å². The number of esters is 1. The molecule has 0 saturated carbocycles. The van der Waals surface area contributed by atoms with Crippen molar-refractivity contribution in [2.45, 2.75) is 51.0 Å². The number of quaternary nitrogens is 1. The van der Waals surface area contributed by atoms with Crippen LogP contribution in [0.15, 0.2) is 12.2 Å². The summed E-state index contributed by atoms with van der Waals surface area (Å²) in [4.78, 5) is 32.8. The highest BCUT2D eigenvalue weighted by molar-refractivity contribution is 5.82. The zero-order valence-electron chi connectivity index (χ0n) is 14.8. The van der Waals surface area contributed by atoms with Crippen molar-refractivity contribution < 1.29 is 33.8 Å². The van der Waals surface area contributed by atoms with E-state index in [0.717, 1.165) is 19.3 Å². The summed E-state index contributed by atoms with van der Waals surface area (Å²) in [5.41, 5.74) is 0. The Hall–Kier alpha value is -1.89. The molecule has 1 N–H and O–H groups in total. The van der Waals surface area contributed by atoms with E-state index in [1.165, 1.54) is 6.08 Å². The minimum Gasteiger partial charge on any atom is -0.550 e. The van der Waals surface area contributed by atoms with Crippen LogP contribution in [0.3, 0.4) is 0 Å². The normalized spacial score (nSPS) is 13.0. The molecule has 0 heterocycles. The first kappa shape index (κ1) is 22.1. The number of hydrogen-bond donors (Lipinski definition) is 1. The van der Waals surface area contributed by atoms with Crippen LogP contribution in [0.1, 0.15) is 44.9 Å². The predicted octanol–water partition coefficient (Wildman–Crippen LogP) is 0.726. The SMILES string of the molecule is C[N+](C)(C)CC(CC(=O)[O-])OC(=O)/C=C/CCCCCCC(=O)O. The molecule has 24 heavy (non-hydrogen) atoms. The van der Waals surface area contributed by atoms with Crippen molar-refractivity contribution >= 4 is 17.9 Å². The van der Waals surface area contributed by atoms with Gasteiger partial charge in [-0.05, 0) is 19.3 Å². The smallest absolute Gasteiger partial charge is 0.330 e. The third-order valence-electron chi connectivity index (χ3n) is 3.19. The van der Waals surface area contributed by atoms with E-state index in [2.05, 4.69) is 0 Å². The van der Waals surface area contributed by atoms with Crippen molar-refractivity contribution in [2.75, 3.05) is 27.7 Å². The van der Waals surface area contributed by atoms with Gasteiger partial charge in [-0.15, -0.1) is 0 Å². The number of carbonyl (C=O) groups is 3. The zero-order valence-corrected chi connectivity index (χ0v) is 14.8.